The van der Waals surface area contributed by atoms with E-state index in [4.69, 9.17) is 15.2 Å². The molecule has 0 aromatic heterocycles. The van der Waals surface area contributed by atoms with Crippen molar-refractivity contribution in [3.63, 3.8) is 0 Å². The maximum atomic E-state index is 6.16. The number of hydrogen-bond acceptors (Lipinski definition) is 5. The van der Waals surface area contributed by atoms with Gasteiger partial charge in [0.05, 0.1) is 25.6 Å². The van der Waals surface area contributed by atoms with Crippen LogP contribution in [0.3, 0.4) is 0 Å². The summed E-state index contributed by atoms with van der Waals surface area (Å²) in [5.74, 6) is 1.41. The van der Waals surface area contributed by atoms with Crippen molar-refractivity contribution in [1.29, 1.82) is 0 Å². The average molecular weight is 279 g/mol. The van der Waals surface area contributed by atoms with Gasteiger partial charge in [-0.1, -0.05) is 0 Å². The van der Waals surface area contributed by atoms with Gasteiger partial charge in [0.1, 0.15) is 0 Å². The Labute approximate surface area is 121 Å². The Morgan fingerprint density at radius 2 is 1.65 bits per heavy atom. The minimum absolute atomic E-state index is 0.660. The van der Waals surface area contributed by atoms with Crippen LogP contribution in [0.25, 0.3) is 0 Å². The van der Waals surface area contributed by atoms with Crippen LogP contribution in [-0.4, -0.2) is 52.3 Å². The molecular weight excluding hydrogens is 254 g/mol. The first-order chi connectivity index (χ1) is 9.56. The van der Waals surface area contributed by atoms with Crippen LogP contribution >= 0.6 is 0 Å². The molecule has 1 aliphatic heterocycles. The highest BCUT2D eigenvalue weighted by atomic mass is 16.5. The number of nitrogens with zero attached hydrogens (tertiary/aromatic N) is 2. The normalized spacial score (nSPS) is 16.6. The molecule has 1 aliphatic rings. The fourth-order valence-corrected chi connectivity index (χ4v) is 2.78. The molecule has 0 saturated carbocycles. The van der Waals surface area contributed by atoms with Gasteiger partial charge < -0.3 is 25.0 Å². The SMILES string of the molecule is COc1cc(N)c(N2CCC(N(C)C)CC2)cc1OC. The first kappa shape index (κ1) is 14.8. The second-order valence-electron chi connectivity index (χ2n) is 5.45. The molecule has 1 fully saturated rings. The molecule has 0 bridgehead atoms. The fourth-order valence-electron chi connectivity index (χ4n) is 2.78. The Balaban J connectivity index is 2.17. The van der Waals surface area contributed by atoms with Crippen LogP contribution in [-0.2, 0) is 0 Å². The second-order valence-corrected chi connectivity index (χ2v) is 5.45. The van der Waals surface area contributed by atoms with Gasteiger partial charge in [0, 0.05) is 31.3 Å². The number of methoxy groups -OCH3 is 2. The Morgan fingerprint density at radius 3 is 2.15 bits per heavy atom. The lowest BCUT2D eigenvalue weighted by molar-refractivity contribution is 0.249. The van der Waals surface area contributed by atoms with E-state index in [2.05, 4.69) is 23.9 Å². The first-order valence-electron chi connectivity index (χ1n) is 6.99. The van der Waals surface area contributed by atoms with Crippen molar-refractivity contribution in [2.45, 2.75) is 18.9 Å². The highest BCUT2D eigenvalue weighted by Gasteiger charge is 2.23. The highest BCUT2D eigenvalue weighted by Crippen LogP contribution is 2.37. The summed E-state index contributed by atoms with van der Waals surface area (Å²) < 4.78 is 10.6. The summed E-state index contributed by atoms with van der Waals surface area (Å²) in [6.07, 6.45) is 2.31. The van der Waals surface area contributed by atoms with Crippen LogP contribution in [0, 0.1) is 0 Å². The molecule has 0 radical (unpaired) electrons. The summed E-state index contributed by atoms with van der Waals surface area (Å²) in [7, 11) is 7.56. The minimum atomic E-state index is 0.660. The average Bonchev–Trinajstić information content (AvgIpc) is 2.47. The number of benzene rings is 1. The Bertz CT molecular complexity index is 455. The van der Waals surface area contributed by atoms with Crippen LogP contribution in [0.4, 0.5) is 11.4 Å². The Hall–Kier alpha value is -1.62. The van der Waals surface area contributed by atoms with E-state index in [0.29, 0.717) is 11.8 Å². The highest BCUT2D eigenvalue weighted by molar-refractivity contribution is 5.73. The molecule has 112 valence electrons. The van der Waals surface area contributed by atoms with E-state index in [1.54, 1.807) is 14.2 Å². The standard InChI is InChI=1S/C15H25N3O2/c1-17(2)11-5-7-18(8-6-11)13-10-15(20-4)14(19-3)9-12(13)16/h9-11H,5-8,16H2,1-4H3. The predicted molar refractivity (Wildman–Crippen MR) is 82.9 cm³/mol. The lowest BCUT2D eigenvalue weighted by atomic mass is 10.0. The number of ether oxygens (including phenoxy) is 2. The van der Waals surface area contributed by atoms with Gasteiger partial charge in [-0.3, -0.25) is 0 Å². The molecule has 5 nitrogen and oxygen atoms in total. The van der Waals surface area contributed by atoms with E-state index in [1.807, 2.05) is 12.1 Å². The number of anilines is 2. The number of hydrogen-bond donors (Lipinski definition) is 1. The van der Waals surface area contributed by atoms with Gasteiger partial charge in [-0.05, 0) is 26.9 Å². The molecule has 0 spiro atoms. The Morgan fingerprint density at radius 1 is 1.10 bits per heavy atom. The molecule has 0 atom stereocenters. The van der Waals surface area contributed by atoms with E-state index in [9.17, 15) is 0 Å². The smallest absolute Gasteiger partial charge is 0.162 e. The Kier molecular flexibility index (Phi) is 4.60. The number of rotatable bonds is 4. The zero-order valence-corrected chi connectivity index (χ0v) is 12.8. The summed E-state index contributed by atoms with van der Waals surface area (Å²) in [5.41, 5.74) is 7.94. The zero-order valence-electron chi connectivity index (χ0n) is 12.8. The van der Waals surface area contributed by atoms with Crippen molar-refractivity contribution in [1.82, 2.24) is 4.90 Å². The molecule has 0 amide bonds. The molecule has 1 aromatic rings. The lowest BCUT2D eigenvalue weighted by Crippen LogP contribution is -2.42. The van der Waals surface area contributed by atoms with E-state index in [-0.39, 0.29) is 0 Å². The van der Waals surface area contributed by atoms with Gasteiger partial charge in [-0.25, -0.2) is 0 Å². The topological polar surface area (TPSA) is 51.0 Å². The van der Waals surface area contributed by atoms with Crippen LogP contribution in [0.2, 0.25) is 0 Å². The predicted octanol–water partition coefficient (Wildman–Crippen LogP) is 1.82. The van der Waals surface area contributed by atoms with Crippen LogP contribution < -0.4 is 20.1 Å². The van der Waals surface area contributed by atoms with Crippen LogP contribution in [0.5, 0.6) is 11.5 Å². The fraction of sp³-hybridized carbons (Fsp3) is 0.600. The van der Waals surface area contributed by atoms with Crippen molar-refractivity contribution in [3.05, 3.63) is 12.1 Å². The van der Waals surface area contributed by atoms with Gasteiger partial charge in [0.25, 0.3) is 0 Å². The van der Waals surface area contributed by atoms with Gasteiger partial charge >= 0.3 is 0 Å². The van der Waals surface area contributed by atoms with Crippen molar-refractivity contribution >= 4 is 11.4 Å². The summed E-state index contributed by atoms with van der Waals surface area (Å²) in [6, 6.07) is 4.48. The molecule has 1 saturated heterocycles. The van der Waals surface area contributed by atoms with Crippen LogP contribution in [0.1, 0.15) is 12.8 Å². The summed E-state index contributed by atoms with van der Waals surface area (Å²) in [5, 5.41) is 0. The van der Waals surface area contributed by atoms with Gasteiger partial charge in [-0.2, -0.15) is 0 Å². The van der Waals surface area contributed by atoms with Crippen molar-refractivity contribution in [2.24, 2.45) is 0 Å². The third-order valence-electron chi connectivity index (χ3n) is 4.07. The monoisotopic (exact) mass is 279 g/mol. The van der Waals surface area contributed by atoms with Crippen molar-refractivity contribution in [3.8, 4) is 11.5 Å². The van der Waals surface area contributed by atoms with Gasteiger partial charge in [0.2, 0.25) is 0 Å². The first-order valence-corrected chi connectivity index (χ1v) is 6.99. The third-order valence-corrected chi connectivity index (χ3v) is 4.07. The van der Waals surface area contributed by atoms with Gasteiger partial charge in [-0.15, -0.1) is 0 Å². The molecule has 0 unspecified atom stereocenters. The molecule has 2 rings (SSSR count). The molecule has 5 heteroatoms. The molecule has 0 aliphatic carbocycles. The maximum absolute atomic E-state index is 6.16. The summed E-state index contributed by atoms with van der Waals surface area (Å²) >= 11 is 0. The lowest BCUT2D eigenvalue weighted by Gasteiger charge is -2.37. The molecule has 20 heavy (non-hydrogen) atoms. The quantitative estimate of drug-likeness (QED) is 0.852. The summed E-state index contributed by atoms with van der Waals surface area (Å²) in [4.78, 5) is 4.63. The zero-order chi connectivity index (χ0) is 14.7. The van der Waals surface area contributed by atoms with E-state index in [0.717, 1.165) is 43.1 Å². The number of nitrogens with two attached hydrogens (primary N) is 1. The third kappa shape index (κ3) is 2.93. The summed E-state index contributed by atoms with van der Waals surface area (Å²) in [6.45, 7) is 2.03. The molecule has 1 heterocycles. The number of nitrogen functional groups attached to an aromatic ring is 1. The van der Waals surface area contributed by atoms with Crippen LogP contribution in [0.15, 0.2) is 12.1 Å². The maximum Gasteiger partial charge on any atom is 0.162 e. The van der Waals surface area contributed by atoms with E-state index in [1.165, 1.54) is 0 Å². The van der Waals surface area contributed by atoms with E-state index < -0.39 is 0 Å². The molecular formula is C15H25N3O2. The second kappa shape index (κ2) is 6.22. The molecule has 2 N–H and O–H groups in total. The molecule has 1 aromatic carbocycles. The van der Waals surface area contributed by atoms with Crippen molar-refractivity contribution in [2.75, 3.05) is 52.0 Å². The van der Waals surface area contributed by atoms with Crippen molar-refractivity contribution < 1.29 is 9.47 Å². The largest absolute Gasteiger partial charge is 0.493 e. The number of piperidine rings is 1. The minimum Gasteiger partial charge on any atom is -0.493 e. The van der Waals surface area contributed by atoms with Gasteiger partial charge in [0.15, 0.2) is 11.5 Å². The van der Waals surface area contributed by atoms with E-state index >= 15 is 0 Å².